The van der Waals surface area contributed by atoms with Crippen LogP contribution in [0.4, 0.5) is 4.39 Å². The highest BCUT2D eigenvalue weighted by atomic mass is 19.1. The lowest BCUT2D eigenvalue weighted by atomic mass is 9.62. The number of benzene rings is 1. The third kappa shape index (κ3) is 2.92. The predicted molar refractivity (Wildman–Crippen MR) is 75.6 cm³/mol. The maximum atomic E-state index is 13.6. The molecule has 3 heteroatoms. The fourth-order valence-electron chi connectivity index (χ4n) is 3.91. The first-order valence-electron chi connectivity index (χ1n) is 6.89. The Labute approximate surface area is 115 Å². The molecule has 2 unspecified atom stereocenters. The van der Waals surface area contributed by atoms with E-state index < -0.39 is 5.54 Å². The fraction of sp³-hybridized carbons (Fsp3) is 0.625. The third-order valence-electron chi connectivity index (χ3n) is 4.11. The lowest BCUT2D eigenvalue weighted by Crippen LogP contribution is -2.46. The van der Waals surface area contributed by atoms with Crippen LogP contribution in [0.1, 0.15) is 45.6 Å². The molecule has 2 atom stereocenters. The zero-order chi connectivity index (χ0) is 14.3. The molecule has 0 aliphatic heterocycles. The molecule has 19 heavy (non-hydrogen) atoms. The van der Waals surface area contributed by atoms with Gasteiger partial charge in [0.25, 0.3) is 0 Å². The van der Waals surface area contributed by atoms with Crippen molar-refractivity contribution in [3.63, 3.8) is 0 Å². The summed E-state index contributed by atoms with van der Waals surface area (Å²) in [5.74, 6) is 0.965. The van der Waals surface area contributed by atoms with E-state index in [1.54, 1.807) is 13.2 Å². The zero-order valence-electron chi connectivity index (χ0n) is 12.3. The first-order valence-corrected chi connectivity index (χ1v) is 6.89. The van der Waals surface area contributed by atoms with Crippen LogP contribution in [-0.2, 0) is 5.54 Å². The van der Waals surface area contributed by atoms with E-state index in [0.717, 1.165) is 24.8 Å². The Hall–Kier alpha value is -1.09. The van der Waals surface area contributed by atoms with E-state index in [2.05, 4.69) is 20.8 Å². The summed E-state index contributed by atoms with van der Waals surface area (Å²) in [5, 5.41) is 0. The minimum atomic E-state index is -0.505. The maximum absolute atomic E-state index is 13.6. The Balaban J connectivity index is 2.46. The monoisotopic (exact) mass is 265 g/mol. The Morgan fingerprint density at radius 3 is 2.58 bits per heavy atom. The standard InChI is InChI=1S/C16H24FNO/c1-11-8-15(2,3)10-16(18,9-11)13-7-12(17)5-6-14(13)19-4/h5-7,11H,8-10,18H2,1-4H3. The van der Waals surface area contributed by atoms with Gasteiger partial charge in [-0.05, 0) is 48.8 Å². The molecule has 2 rings (SSSR count). The molecule has 1 fully saturated rings. The van der Waals surface area contributed by atoms with Crippen molar-refractivity contribution in [2.45, 2.75) is 45.6 Å². The van der Waals surface area contributed by atoms with Crippen molar-refractivity contribution in [3.8, 4) is 5.75 Å². The van der Waals surface area contributed by atoms with Crippen molar-refractivity contribution in [2.24, 2.45) is 17.1 Å². The SMILES string of the molecule is COc1ccc(F)cc1C1(N)CC(C)CC(C)(C)C1. The molecule has 0 saturated heterocycles. The molecule has 2 N–H and O–H groups in total. The molecule has 0 aromatic heterocycles. The molecule has 0 spiro atoms. The molecule has 106 valence electrons. The summed E-state index contributed by atoms with van der Waals surface area (Å²) in [6.07, 6.45) is 2.88. The van der Waals surface area contributed by atoms with Gasteiger partial charge in [0.1, 0.15) is 11.6 Å². The molecule has 1 saturated carbocycles. The molecule has 1 aromatic carbocycles. The lowest BCUT2D eigenvalue weighted by Gasteiger charge is -2.46. The van der Waals surface area contributed by atoms with E-state index in [4.69, 9.17) is 10.5 Å². The largest absolute Gasteiger partial charge is 0.496 e. The smallest absolute Gasteiger partial charge is 0.124 e. The van der Waals surface area contributed by atoms with Gasteiger partial charge in [-0.3, -0.25) is 0 Å². The van der Waals surface area contributed by atoms with Crippen LogP contribution in [0.15, 0.2) is 18.2 Å². The van der Waals surface area contributed by atoms with Crippen molar-refractivity contribution < 1.29 is 9.13 Å². The number of rotatable bonds is 2. The van der Waals surface area contributed by atoms with Gasteiger partial charge in [0.15, 0.2) is 0 Å². The van der Waals surface area contributed by atoms with Crippen molar-refractivity contribution >= 4 is 0 Å². The number of ether oxygens (including phenoxy) is 1. The summed E-state index contributed by atoms with van der Waals surface area (Å²) in [6.45, 7) is 6.68. The molecule has 1 aliphatic rings. The van der Waals surface area contributed by atoms with Crippen LogP contribution in [0, 0.1) is 17.2 Å². The normalized spacial score (nSPS) is 30.1. The summed E-state index contributed by atoms with van der Waals surface area (Å²) in [6, 6.07) is 4.63. The minimum absolute atomic E-state index is 0.170. The Morgan fingerprint density at radius 2 is 2.00 bits per heavy atom. The molecule has 1 aromatic rings. The summed E-state index contributed by atoms with van der Waals surface area (Å²) in [4.78, 5) is 0. The second-order valence-electron chi connectivity index (χ2n) is 6.86. The summed E-state index contributed by atoms with van der Waals surface area (Å²) in [5.41, 5.74) is 7.11. The number of hydrogen-bond acceptors (Lipinski definition) is 2. The highest BCUT2D eigenvalue weighted by Crippen LogP contribution is 2.49. The highest BCUT2D eigenvalue weighted by molar-refractivity contribution is 5.40. The van der Waals surface area contributed by atoms with Crippen LogP contribution in [0.2, 0.25) is 0 Å². The van der Waals surface area contributed by atoms with Gasteiger partial charge >= 0.3 is 0 Å². The topological polar surface area (TPSA) is 35.2 Å². The summed E-state index contributed by atoms with van der Waals surface area (Å²) >= 11 is 0. The number of halogens is 1. The lowest BCUT2D eigenvalue weighted by molar-refractivity contribution is 0.105. The number of hydrogen-bond donors (Lipinski definition) is 1. The molecule has 2 nitrogen and oxygen atoms in total. The highest BCUT2D eigenvalue weighted by Gasteiger charge is 2.42. The summed E-state index contributed by atoms with van der Waals surface area (Å²) < 4.78 is 19.0. The van der Waals surface area contributed by atoms with E-state index in [1.807, 2.05) is 0 Å². The van der Waals surface area contributed by atoms with Crippen LogP contribution < -0.4 is 10.5 Å². The van der Waals surface area contributed by atoms with E-state index in [9.17, 15) is 4.39 Å². The Morgan fingerprint density at radius 1 is 1.32 bits per heavy atom. The molecule has 0 radical (unpaired) electrons. The van der Waals surface area contributed by atoms with Crippen molar-refractivity contribution in [2.75, 3.05) is 7.11 Å². The maximum Gasteiger partial charge on any atom is 0.124 e. The average molecular weight is 265 g/mol. The third-order valence-corrected chi connectivity index (χ3v) is 4.11. The van der Waals surface area contributed by atoms with Crippen molar-refractivity contribution in [1.82, 2.24) is 0 Å². The van der Waals surface area contributed by atoms with Crippen LogP contribution >= 0.6 is 0 Å². The molecular formula is C16H24FNO. The van der Waals surface area contributed by atoms with Crippen molar-refractivity contribution in [1.29, 1.82) is 0 Å². The average Bonchev–Trinajstić information content (AvgIpc) is 2.25. The molecule has 0 heterocycles. The van der Waals surface area contributed by atoms with Crippen LogP contribution in [0.5, 0.6) is 5.75 Å². The minimum Gasteiger partial charge on any atom is -0.496 e. The Kier molecular flexibility index (Phi) is 3.61. The van der Waals surface area contributed by atoms with Gasteiger partial charge in [0, 0.05) is 11.1 Å². The van der Waals surface area contributed by atoms with Gasteiger partial charge in [-0.1, -0.05) is 20.8 Å². The molecular weight excluding hydrogens is 241 g/mol. The zero-order valence-corrected chi connectivity index (χ0v) is 12.3. The predicted octanol–water partition coefficient (Wildman–Crippen LogP) is 3.83. The van der Waals surface area contributed by atoms with Gasteiger partial charge in [-0.2, -0.15) is 0 Å². The molecule has 0 amide bonds. The van der Waals surface area contributed by atoms with E-state index in [-0.39, 0.29) is 11.2 Å². The number of nitrogens with two attached hydrogens (primary N) is 1. The second kappa shape index (κ2) is 4.78. The quantitative estimate of drug-likeness (QED) is 0.882. The van der Waals surface area contributed by atoms with Gasteiger partial charge in [0.05, 0.1) is 7.11 Å². The van der Waals surface area contributed by atoms with Gasteiger partial charge in [-0.25, -0.2) is 4.39 Å². The van der Waals surface area contributed by atoms with E-state index in [1.165, 1.54) is 12.1 Å². The van der Waals surface area contributed by atoms with Gasteiger partial charge < -0.3 is 10.5 Å². The Bertz CT molecular complexity index is 472. The van der Waals surface area contributed by atoms with Gasteiger partial charge in [0.2, 0.25) is 0 Å². The van der Waals surface area contributed by atoms with Crippen LogP contribution in [-0.4, -0.2) is 7.11 Å². The van der Waals surface area contributed by atoms with E-state index in [0.29, 0.717) is 11.7 Å². The first kappa shape index (κ1) is 14.3. The van der Waals surface area contributed by atoms with Crippen molar-refractivity contribution in [3.05, 3.63) is 29.6 Å². The first-order chi connectivity index (χ1) is 8.76. The summed E-state index contributed by atoms with van der Waals surface area (Å²) in [7, 11) is 1.61. The second-order valence-corrected chi connectivity index (χ2v) is 6.86. The molecule has 0 bridgehead atoms. The number of methoxy groups -OCH3 is 1. The van der Waals surface area contributed by atoms with Crippen LogP contribution in [0.3, 0.4) is 0 Å². The van der Waals surface area contributed by atoms with Gasteiger partial charge in [-0.15, -0.1) is 0 Å². The van der Waals surface area contributed by atoms with Crippen LogP contribution in [0.25, 0.3) is 0 Å². The van der Waals surface area contributed by atoms with E-state index >= 15 is 0 Å². The fourth-order valence-corrected chi connectivity index (χ4v) is 3.91. The molecule has 1 aliphatic carbocycles.